The third-order valence-corrected chi connectivity index (χ3v) is 5.51. The first-order valence-corrected chi connectivity index (χ1v) is 8.74. The molecule has 0 aromatic rings. The van der Waals surface area contributed by atoms with E-state index in [9.17, 15) is 4.79 Å². The Hall–Kier alpha value is 0.130. The highest BCUT2D eigenvalue weighted by molar-refractivity contribution is 8.00. The molecular formula is C12H26N2OS2. The van der Waals surface area contributed by atoms with E-state index in [1.165, 1.54) is 0 Å². The Kier molecular flexibility index (Phi) is 9.18. The summed E-state index contributed by atoms with van der Waals surface area (Å²) in [6, 6.07) is -0.365. The Balaban J connectivity index is 4.12. The van der Waals surface area contributed by atoms with E-state index in [2.05, 4.69) is 25.4 Å². The lowest BCUT2D eigenvalue weighted by Crippen LogP contribution is -2.46. The molecule has 0 saturated heterocycles. The molecule has 0 aliphatic rings. The monoisotopic (exact) mass is 278 g/mol. The van der Waals surface area contributed by atoms with Crippen LogP contribution in [0.3, 0.4) is 0 Å². The summed E-state index contributed by atoms with van der Waals surface area (Å²) in [7, 11) is 0. The second-order valence-electron chi connectivity index (χ2n) is 4.20. The Morgan fingerprint density at radius 2 is 1.94 bits per heavy atom. The molecule has 1 amide bonds. The molecule has 0 aromatic heterocycles. The van der Waals surface area contributed by atoms with Crippen LogP contribution in [0.4, 0.5) is 0 Å². The fraction of sp³-hybridized carbons (Fsp3) is 0.917. The van der Waals surface area contributed by atoms with Gasteiger partial charge in [-0.15, -0.1) is 0 Å². The van der Waals surface area contributed by atoms with Crippen molar-refractivity contribution in [2.45, 2.75) is 43.9 Å². The van der Waals surface area contributed by atoms with E-state index in [1.54, 1.807) is 11.8 Å². The van der Waals surface area contributed by atoms with E-state index < -0.39 is 0 Å². The lowest BCUT2D eigenvalue weighted by atomic mass is 10.0. The number of amides is 1. The Bertz CT molecular complexity index is 212. The molecule has 0 spiro atoms. The molecule has 3 N–H and O–H groups in total. The van der Waals surface area contributed by atoms with Crippen LogP contribution in [0.15, 0.2) is 0 Å². The van der Waals surface area contributed by atoms with Crippen molar-refractivity contribution in [3.05, 3.63) is 0 Å². The van der Waals surface area contributed by atoms with Gasteiger partial charge in [0.2, 0.25) is 5.91 Å². The van der Waals surface area contributed by atoms with Gasteiger partial charge in [-0.25, -0.2) is 0 Å². The largest absolute Gasteiger partial charge is 0.353 e. The minimum Gasteiger partial charge on any atom is -0.353 e. The zero-order valence-electron chi connectivity index (χ0n) is 11.4. The Morgan fingerprint density at radius 1 is 1.35 bits per heavy atom. The zero-order valence-corrected chi connectivity index (χ0v) is 13.0. The van der Waals surface area contributed by atoms with Gasteiger partial charge in [0.05, 0.1) is 6.04 Å². The van der Waals surface area contributed by atoms with Crippen LogP contribution >= 0.6 is 23.5 Å². The number of hydrogen-bond acceptors (Lipinski definition) is 4. The number of thioether (sulfide) groups is 2. The van der Waals surface area contributed by atoms with Crippen molar-refractivity contribution in [2.75, 3.05) is 24.8 Å². The smallest absolute Gasteiger partial charge is 0.236 e. The molecule has 5 heteroatoms. The van der Waals surface area contributed by atoms with Crippen LogP contribution in [0.5, 0.6) is 0 Å². The molecule has 3 nitrogen and oxygen atoms in total. The number of nitrogens with two attached hydrogens (primary N) is 1. The number of hydrogen-bond donors (Lipinski definition) is 2. The number of rotatable bonds is 9. The molecule has 0 rings (SSSR count). The van der Waals surface area contributed by atoms with Crippen LogP contribution in [0.25, 0.3) is 0 Å². The fourth-order valence-electron chi connectivity index (χ4n) is 1.62. The number of nitrogens with one attached hydrogen (secondary N) is 1. The molecule has 102 valence electrons. The summed E-state index contributed by atoms with van der Waals surface area (Å²) in [5.74, 6) is 0.920. The van der Waals surface area contributed by atoms with Crippen LogP contribution in [-0.2, 0) is 4.79 Å². The van der Waals surface area contributed by atoms with Gasteiger partial charge in [-0.2, -0.15) is 23.5 Å². The van der Waals surface area contributed by atoms with Crippen LogP contribution in [0.2, 0.25) is 0 Å². The van der Waals surface area contributed by atoms with E-state index in [0.717, 1.165) is 25.0 Å². The van der Waals surface area contributed by atoms with Crippen LogP contribution < -0.4 is 11.1 Å². The summed E-state index contributed by atoms with van der Waals surface area (Å²) < 4.78 is 0.162. The Morgan fingerprint density at radius 3 is 2.35 bits per heavy atom. The van der Waals surface area contributed by atoms with Crippen LogP contribution in [0, 0.1) is 0 Å². The van der Waals surface area contributed by atoms with Gasteiger partial charge in [0.15, 0.2) is 0 Å². The summed E-state index contributed by atoms with van der Waals surface area (Å²) in [4.78, 5) is 11.8. The maximum atomic E-state index is 11.8. The van der Waals surface area contributed by atoms with Gasteiger partial charge >= 0.3 is 0 Å². The van der Waals surface area contributed by atoms with E-state index in [0.29, 0.717) is 6.54 Å². The van der Waals surface area contributed by atoms with Crippen LogP contribution in [0.1, 0.15) is 33.1 Å². The summed E-state index contributed by atoms with van der Waals surface area (Å²) in [6.07, 6.45) is 7.00. The van der Waals surface area contributed by atoms with Crippen molar-refractivity contribution in [1.29, 1.82) is 0 Å². The predicted molar refractivity (Wildman–Crippen MR) is 80.8 cm³/mol. The van der Waals surface area contributed by atoms with Crippen molar-refractivity contribution < 1.29 is 4.79 Å². The summed E-state index contributed by atoms with van der Waals surface area (Å²) >= 11 is 3.55. The lowest BCUT2D eigenvalue weighted by Gasteiger charge is -2.30. The normalized spacial score (nSPS) is 13.5. The third kappa shape index (κ3) is 6.02. The summed E-state index contributed by atoms with van der Waals surface area (Å²) in [5, 5.41) is 2.99. The van der Waals surface area contributed by atoms with Gasteiger partial charge in [0, 0.05) is 11.3 Å². The first-order chi connectivity index (χ1) is 8.05. The second kappa shape index (κ2) is 9.11. The third-order valence-electron chi connectivity index (χ3n) is 3.28. The van der Waals surface area contributed by atoms with Crippen molar-refractivity contribution in [3.8, 4) is 0 Å². The van der Waals surface area contributed by atoms with E-state index in [4.69, 9.17) is 5.73 Å². The Labute approximate surface area is 114 Å². The van der Waals surface area contributed by atoms with Gasteiger partial charge < -0.3 is 11.1 Å². The highest BCUT2D eigenvalue weighted by Crippen LogP contribution is 2.29. The minimum absolute atomic E-state index is 0.0145. The van der Waals surface area contributed by atoms with Crippen molar-refractivity contribution in [2.24, 2.45) is 5.73 Å². The maximum Gasteiger partial charge on any atom is 0.236 e. The number of carbonyl (C=O) groups excluding carboxylic acids is 1. The van der Waals surface area contributed by atoms with Gasteiger partial charge in [-0.05, 0) is 37.5 Å². The van der Waals surface area contributed by atoms with E-state index in [-0.39, 0.29) is 16.7 Å². The molecule has 0 saturated carbocycles. The predicted octanol–water partition coefficient (Wildman–Crippen LogP) is 2.10. The first kappa shape index (κ1) is 17.1. The summed E-state index contributed by atoms with van der Waals surface area (Å²) in [6.45, 7) is 5.05. The van der Waals surface area contributed by atoms with Crippen molar-refractivity contribution >= 4 is 29.4 Å². The molecule has 0 aromatic carbocycles. The van der Waals surface area contributed by atoms with Crippen molar-refractivity contribution in [3.63, 3.8) is 0 Å². The molecule has 0 radical (unpaired) electrons. The second-order valence-corrected chi connectivity index (χ2v) is 6.46. The van der Waals surface area contributed by atoms with Gasteiger partial charge in [0.25, 0.3) is 0 Å². The number of carbonyl (C=O) groups is 1. The quantitative estimate of drug-likeness (QED) is 0.678. The first-order valence-electron chi connectivity index (χ1n) is 6.12. The molecule has 0 fully saturated rings. The SMILES string of the molecule is CCC(CC)(CNC(=O)[C@@H](N)CCSC)SC. The average Bonchev–Trinajstić information content (AvgIpc) is 2.37. The van der Waals surface area contributed by atoms with Crippen LogP contribution in [-0.4, -0.2) is 41.5 Å². The molecule has 0 heterocycles. The molecule has 0 bridgehead atoms. The highest BCUT2D eigenvalue weighted by Gasteiger charge is 2.26. The lowest BCUT2D eigenvalue weighted by molar-refractivity contribution is -0.122. The molecule has 0 aliphatic carbocycles. The topological polar surface area (TPSA) is 55.1 Å². The fourth-order valence-corrected chi connectivity index (χ4v) is 2.90. The van der Waals surface area contributed by atoms with Gasteiger partial charge in [-0.3, -0.25) is 4.79 Å². The average molecular weight is 278 g/mol. The molecule has 0 unspecified atom stereocenters. The van der Waals surface area contributed by atoms with Gasteiger partial charge in [0.1, 0.15) is 0 Å². The standard InChI is InChI=1S/C12H26N2OS2/c1-5-12(6-2,17-4)9-14-11(15)10(13)7-8-16-3/h10H,5-9,13H2,1-4H3,(H,14,15)/t10-/m0/s1. The van der Waals surface area contributed by atoms with E-state index >= 15 is 0 Å². The molecular weight excluding hydrogens is 252 g/mol. The zero-order chi connectivity index (χ0) is 13.3. The maximum absolute atomic E-state index is 11.8. The highest BCUT2D eigenvalue weighted by atomic mass is 32.2. The molecule has 17 heavy (non-hydrogen) atoms. The van der Waals surface area contributed by atoms with Crippen molar-refractivity contribution in [1.82, 2.24) is 5.32 Å². The minimum atomic E-state index is -0.365. The van der Waals surface area contributed by atoms with E-state index in [1.807, 2.05) is 18.0 Å². The molecule has 0 aliphatic heterocycles. The summed E-state index contributed by atoms with van der Waals surface area (Å²) in [5.41, 5.74) is 5.82. The molecule has 1 atom stereocenters. The van der Waals surface area contributed by atoms with Gasteiger partial charge in [-0.1, -0.05) is 13.8 Å².